The highest BCUT2D eigenvalue weighted by molar-refractivity contribution is 9.10. The monoisotopic (exact) mass is 369 g/mol. The molecule has 1 nitrogen and oxygen atoms in total. The fourth-order valence-electron chi connectivity index (χ4n) is 2.67. The molecule has 0 amide bonds. The van der Waals surface area contributed by atoms with Gasteiger partial charge in [0.25, 0.3) is 0 Å². The first-order valence-corrected chi connectivity index (χ1v) is 8.15. The minimum atomic E-state index is 0.445. The predicted molar refractivity (Wildman–Crippen MR) is 90.0 cm³/mol. The number of halogens is 3. The molecule has 0 fully saturated rings. The van der Waals surface area contributed by atoms with Gasteiger partial charge < -0.3 is 5.32 Å². The van der Waals surface area contributed by atoms with E-state index in [-0.39, 0.29) is 0 Å². The topological polar surface area (TPSA) is 12.0 Å². The molecule has 3 rings (SSSR count). The molecule has 1 N–H and O–H groups in total. The first-order chi connectivity index (χ1) is 9.61. The van der Waals surface area contributed by atoms with Crippen molar-refractivity contribution < 1.29 is 0 Å². The van der Waals surface area contributed by atoms with Gasteiger partial charge in [0.05, 0.1) is 10.0 Å². The Morgan fingerprint density at radius 2 is 1.85 bits per heavy atom. The lowest BCUT2D eigenvalue weighted by atomic mass is 9.88. The number of benzene rings is 2. The van der Waals surface area contributed by atoms with Gasteiger partial charge in [-0.05, 0) is 60.7 Å². The van der Waals surface area contributed by atoms with Gasteiger partial charge >= 0.3 is 0 Å². The van der Waals surface area contributed by atoms with Crippen LogP contribution in [-0.4, -0.2) is 6.04 Å². The molecule has 4 heteroatoms. The van der Waals surface area contributed by atoms with Crippen LogP contribution in [0.25, 0.3) is 0 Å². The van der Waals surface area contributed by atoms with Gasteiger partial charge in [0.15, 0.2) is 0 Å². The number of hydrogen-bond acceptors (Lipinski definition) is 1. The summed E-state index contributed by atoms with van der Waals surface area (Å²) >= 11 is 15.5. The first kappa shape index (κ1) is 14.2. The van der Waals surface area contributed by atoms with E-state index in [1.54, 1.807) is 0 Å². The Morgan fingerprint density at radius 3 is 2.65 bits per heavy atom. The molecule has 2 aromatic carbocycles. The average Bonchev–Trinajstić information content (AvgIpc) is 2.43. The van der Waals surface area contributed by atoms with E-state index in [0.717, 1.165) is 29.4 Å². The molecule has 0 radical (unpaired) electrons. The van der Waals surface area contributed by atoms with Gasteiger partial charge in [0.2, 0.25) is 0 Å². The van der Waals surface area contributed by atoms with E-state index in [4.69, 9.17) is 23.2 Å². The number of anilines is 1. The Kier molecular flexibility index (Phi) is 4.25. The molecule has 0 heterocycles. The van der Waals surface area contributed by atoms with Crippen LogP contribution in [0.2, 0.25) is 10.0 Å². The van der Waals surface area contributed by atoms with Crippen molar-refractivity contribution in [1.82, 2.24) is 0 Å². The Labute approximate surface area is 137 Å². The van der Waals surface area contributed by atoms with E-state index >= 15 is 0 Å². The maximum Gasteiger partial charge on any atom is 0.0612 e. The summed E-state index contributed by atoms with van der Waals surface area (Å²) in [6, 6.07) is 12.7. The molecule has 0 spiro atoms. The van der Waals surface area contributed by atoms with Gasteiger partial charge in [0, 0.05) is 16.2 Å². The lowest BCUT2D eigenvalue weighted by Crippen LogP contribution is -2.27. The zero-order valence-corrected chi connectivity index (χ0v) is 13.9. The lowest BCUT2D eigenvalue weighted by molar-refractivity contribution is 0.610. The molecule has 0 bridgehead atoms. The summed E-state index contributed by atoms with van der Waals surface area (Å²) in [5.41, 5.74) is 3.91. The minimum Gasteiger partial charge on any atom is -0.382 e. The maximum absolute atomic E-state index is 6.05. The molecule has 104 valence electrons. The van der Waals surface area contributed by atoms with E-state index in [1.807, 2.05) is 18.2 Å². The van der Waals surface area contributed by atoms with Crippen molar-refractivity contribution >= 4 is 44.8 Å². The SMILES string of the molecule is Clc1ccc(NC2CCc3cc(Br)ccc3C2)cc1Cl. The second kappa shape index (κ2) is 5.97. The van der Waals surface area contributed by atoms with Crippen LogP contribution in [0.3, 0.4) is 0 Å². The van der Waals surface area contributed by atoms with Crippen LogP contribution in [-0.2, 0) is 12.8 Å². The van der Waals surface area contributed by atoms with Crippen molar-refractivity contribution in [2.24, 2.45) is 0 Å². The Morgan fingerprint density at radius 1 is 1.00 bits per heavy atom. The predicted octanol–water partition coefficient (Wildman–Crippen LogP) is 5.73. The van der Waals surface area contributed by atoms with Gasteiger partial charge in [-0.3, -0.25) is 0 Å². The quantitative estimate of drug-likeness (QED) is 0.712. The van der Waals surface area contributed by atoms with Crippen LogP contribution in [0.1, 0.15) is 17.5 Å². The fourth-order valence-corrected chi connectivity index (χ4v) is 3.38. The number of rotatable bonds is 2. The van der Waals surface area contributed by atoms with Crippen molar-refractivity contribution in [1.29, 1.82) is 0 Å². The largest absolute Gasteiger partial charge is 0.382 e. The molecule has 0 saturated carbocycles. The lowest BCUT2D eigenvalue weighted by Gasteiger charge is -2.26. The van der Waals surface area contributed by atoms with Gasteiger partial charge in [0.1, 0.15) is 0 Å². The number of fused-ring (bicyclic) bond motifs is 1. The summed E-state index contributed by atoms with van der Waals surface area (Å²) in [6.07, 6.45) is 3.28. The summed E-state index contributed by atoms with van der Waals surface area (Å²) in [5.74, 6) is 0. The molecular formula is C16H14BrCl2N. The van der Waals surface area contributed by atoms with E-state index in [1.165, 1.54) is 11.1 Å². The molecule has 20 heavy (non-hydrogen) atoms. The fraction of sp³-hybridized carbons (Fsp3) is 0.250. The molecular weight excluding hydrogens is 357 g/mol. The molecule has 0 saturated heterocycles. The molecule has 1 aliphatic carbocycles. The standard InChI is InChI=1S/C16H14BrCl2N/c17-12-3-1-11-8-13(4-2-10(11)7-12)20-14-5-6-15(18)16(19)9-14/h1,3,5-7,9,13,20H,2,4,8H2. The maximum atomic E-state index is 6.05. The highest BCUT2D eigenvalue weighted by atomic mass is 79.9. The summed E-state index contributed by atoms with van der Waals surface area (Å²) in [4.78, 5) is 0. The van der Waals surface area contributed by atoms with Crippen molar-refractivity contribution in [3.8, 4) is 0 Å². The average molecular weight is 371 g/mol. The van der Waals surface area contributed by atoms with Gasteiger partial charge in [-0.2, -0.15) is 0 Å². The number of nitrogens with one attached hydrogen (secondary N) is 1. The Bertz CT molecular complexity index is 642. The van der Waals surface area contributed by atoms with Crippen LogP contribution in [0.5, 0.6) is 0 Å². The van der Waals surface area contributed by atoms with Crippen LogP contribution < -0.4 is 5.32 Å². The third-order valence-corrected chi connectivity index (χ3v) is 4.92. The molecule has 1 aliphatic rings. The number of aryl methyl sites for hydroxylation is 1. The summed E-state index contributed by atoms with van der Waals surface area (Å²) < 4.78 is 1.16. The van der Waals surface area contributed by atoms with E-state index < -0.39 is 0 Å². The van der Waals surface area contributed by atoms with Crippen molar-refractivity contribution in [2.45, 2.75) is 25.3 Å². The molecule has 0 aliphatic heterocycles. The highest BCUT2D eigenvalue weighted by Gasteiger charge is 2.18. The number of hydrogen-bond donors (Lipinski definition) is 1. The highest BCUT2D eigenvalue weighted by Crippen LogP contribution is 2.29. The normalized spacial score (nSPS) is 17.6. The molecule has 0 aromatic heterocycles. The summed E-state index contributed by atoms with van der Waals surface area (Å²) in [7, 11) is 0. The van der Waals surface area contributed by atoms with Gasteiger partial charge in [-0.25, -0.2) is 0 Å². The van der Waals surface area contributed by atoms with Crippen LogP contribution in [0.4, 0.5) is 5.69 Å². The zero-order valence-electron chi connectivity index (χ0n) is 10.8. The Balaban J connectivity index is 1.74. The molecule has 1 unspecified atom stereocenters. The minimum absolute atomic E-state index is 0.445. The summed E-state index contributed by atoms with van der Waals surface area (Å²) in [5, 5.41) is 4.74. The Hall–Kier alpha value is -0.700. The van der Waals surface area contributed by atoms with Crippen LogP contribution in [0, 0.1) is 0 Å². The van der Waals surface area contributed by atoms with E-state index in [0.29, 0.717) is 16.1 Å². The smallest absolute Gasteiger partial charge is 0.0612 e. The van der Waals surface area contributed by atoms with Crippen molar-refractivity contribution in [3.05, 3.63) is 62.0 Å². The van der Waals surface area contributed by atoms with Crippen LogP contribution >= 0.6 is 39.1 Å². The second-order valence-corrected chi connectivity index (χ2v) is 6.86. The zero-order chi connectivity index (χ0) is 14.1. The van der Waals surface area contributed by atoms with Crippen molar-refractivity contribution in [3.63, 3.8) is 0 Å². The van der Waals surface area contributed by atoms with E-state index in [2.05, 4.69) is 39.4 Å². The van der Waals surface area contributed by atoms with Crippen molar-refractivity contribution in [2.75, 3.05) is 5.32 Å². The van der Waals surface area contributed by atoms with Gasteiger partial charge in [-0.15, -0.1) is 0 Å². The van der Waals surface area contributed by atoms with E-state index in [9.17, 15) is 0 Å². The van der Waals surface area contributed by atoms with Crippen LogP contribution in [0.15, 0.2) is 40.9 Å². The van der Waals surface area contributed by atoms with Gasteiger partial charge in [-0.1, -0.05) is 45.2 Å². The third kappa shape index (κ3) is 3.13. The second-order valence-electron chi connectivity index (χ2n) is 5.13. The first-order valence-electron chi connectivity index (χ1n) is 6.61. The third-order valence-electron chi connectivity index (χ3n) is 3.69. The molecule has 2 aromatic rings. The summed E-state index contributed by atoms with van der Waals surface area (Å²) in [6.45, 7) is 0. The molecule has 1 atom stereocenters.